The molecule has 2 aliphatic rings. The second kappa shape index (κ2) is 26.6. The molecule has 0 radical (unpaired) electrons. The number of hydrogen-bond acceptors (Lipinski definition) is 13. The molecule has 2 heterocycles. The van der Waals surface area contributed by atoms with Gasteiger partial charge in [-0.3, -0.25) is 38.4 Å². The van der Waals surface area contributed by atoms with E-state index in [2.05, 4.69) is 31.9 Å². The Morgan fingerprint density at radius 2 is 1.10 bits per heavy atom. The third kappa shape index (κ3) is 16.1. The summed E-state index contributed by atoms with van der Waals surface area (Å²) in [5.41, 5.74) is 6.82. The maximum Gasteiger partial charge on any atom is 0.326 e. The van der Waals surface area contributed by atoms with Crippen LogP contribution in [0.5, 0.6) is 5.75 Å². The number of hydrogen-bond donors (Lipinski definition) is 11. The van der Waals surface area contributed by atoms with Crippen LogP contribution in [0.3, 0.4) is 0 Å². The number of aliphatic hydroxyl groups is 2. The van der Waals surface area contributed by atoms with Gasteiger partial charge in [0.2, 0.25) is 47.3 Å². The molecule has 0 aliphatic carbocycles. The lowest BCUT2D eigenvalue weighted by atomic mass is 9.97. The van der Waals surface area contributed by atoms with Crippen LogP contribution in [-0.4, -0.2) is 164 Å². The summed E-state index contributed by atoms with van der Waals surface area (Å²) in [4.78, 5) is 122. The molecule has 68 heavy (non-hydrogen) atoms. The molecule has 0 aromatic heterocycles. The van der Waals surface area contributed by atoms with Crippen LogP contribution in [0.2, 0.25) is 0 Å². The second-order valence-electron chi connectivity index (χ2n) is 18.7. The number of phenols is 1. The molecule has 12 N–H and O–H groups in total. The lowest BCUT2D eigenvalue weighted by Crippen LogP contribution is -2.61. The van der Waals surface area contributed by atoms with Gasteiger partial charge in [0.15, 0.2) is 0 Å². The van der Waals surface area contributed by atoms with Crippen molar-refractivity contribution < 1.29 is 63.6 Å². The van der Waals surface area contributed by atoms with Gasteiger partial charge in [0, 0.05) is 13.1 Å². The number of benzene rings is 1. The Morgan fingerprint density at radius 3 is 1.57 bits per heavy atom. The fourth-order valence-corrected chi connectivity index (χ4v) is 8.19. The molecule has 1 aromatic carbocycles. The van der Waals surface area contributed by atoms with E-state index < -0.39 is 127 Å². The van der Waals surface area contributed by atoms with Crippen LogP contribution in [-0.2, 0) is 49.6 Å². The van der Waals surface area contributed by atoms with E-state index in [0.29, 0.717) is 24.8 Å². The summed E-state index contributed by atoms with van der Waals surface area (Å²) >= 11 is 0. The molecule has 3 rings (SSSR count). The number of phenolic OH excluding ortho intramolecular Hbond substituents is 1. The van der Waals surface area contributed by atoms with Crippen molar-refractivity contribution in [2.24, 2.45) is 23.5 Å². The first kappa shape index (κ1) is 56.5. The number of nitrogens with one attached hydrogen (secondary N) is 6. The number of nitrogens with zero attached hydrogens (tertiary/aromatic N) is 2. The molecule has 0 bridgehead atoms. The van der Waals surface area contributed by atoms with Crippen molar-refractivity contribution in [2.75, 3.05) is 26.3 Å². The monoisotopic (exact) mass is 960 g/mol. The first-order chi connectivity index (χ1) is 32.0. The van der Waals surface area contributed by atoms with Crippen LogP contribution in [0.4, 0.5) is 0 Å². The zero-order chi connectivity index (χ0) is 51.0. The van der Waals surface area contributed by atoms with Crippen LogP contribution in [0.1, 0.15) is 99.0 Å². The number of carboxylic acids is 1. The number of nitrogens with two attached hydrogens (primary N) is 1. The van der Waals surface area contributed by atoms with Gasteiger partial charge in [-0.15, -0.1) is 0 Å². The molecule has 2 aliphatic heterocycles. The molecule has 1 aromatic rings. The molecule has 0 spiro atoms. The fourth-order valence-electron chi connectivity index (χ4n) is 8.19. The zero-order valence-corrected chi connectivity index (χ0v) is 40.2. The molecule has 22 nitrogen and oxygen atoms in total. The van der Waals surface area contributed by atoms with Crippen LogP contribution < -0.4 is 37.6 Å². The molecule has 10 atom stereocenters. The summed E-state index contributed by atoms with van der Waals surface area (Å²) in [6, 6.07) is -4.86. The first-order valence-electron chi connectivity index (χ1n) is 23.4. The fraction of sp³-hybridized carbons (Fsp3) is 0.674. The number of rotatable bonds is 25. The lowest BCUT2D eigenvalue weighted by Gasteiger charge is -2.31. The van der Waals surface area contributed by atoms with Gasteiger partial charge in [-0.05, 0) is 87.3 Å². The van der Waals surface area contributed by atoms with Crippen LogP contribution in [0.15, 0.2) is 24.3 Å². The van der Waals surface area contributed by atoms with Crippen molar-refractivity contribution in [2.45, 2.75) is 154 Å². The number of likely N-dealkylation sites (tertiary alicyclic amines) is 2. The second-order valence-corrected chi connectivity index (χ2v) is 18.7. The number of amides is 8. The van der Waals surface area contributed by atoms with Gasteiger partial charge >= 0.3 is 5.97 Å². The smallest absolute Gasteiger partial charge is 0.326 e. The average Bonchev–Trinajstić information content (AvgIpc) is 3.99. The van der Waals surface area contributed by atoms with Gasteiger partial charge in [0.25, 0.3) is 0 Å². The predicted molar refractivity (Wildman–Crippen MR) is 247 cm³/mol. The van der Waals surface area contributed by atoms with E-state index in [1.807, 2.05) is 13.8 Å². The van der Waals surface area contributed by atoms with Crippen molar-refractivity contribution in [3.8, 4) is 5.75 Å². The molecule has 2 fully saturated rings. The van der Waals surface area contributed by atoms with E-state index in [1.165, 1.54) is 28.9 Å². The Balaban J connectivity index is 1.65. The summed E-state index contributed by atoms with van der Waals surface area (Å²) in [5, 5.41) is 54.9. The maximum atomic E-state index is 13.9. The minimum atomic E-state index is -1.51. The van der Waals surface area contributed by atoms with Crippen LogP contribution in [0, 0.1) is 17.8 Å². The number of aliphatic carboxylic acids is 1. The normalized spacial score (nSPS) is 19.4. The Kier molecular flexibility index (Phi) is 22.1. The van der Waals surface area contributed by atoms with Gasteiger partial charge in [-0.1, -0.05) is 60.1 Å². The summed E-state index contributed by atoms with van der Waals surface area (Å²) in [6.07, 6.45) is 2.07. The highest BCUT2D eigenvalue weighted by atomic mass is 16.4. The standard InChI is InChI=1S/C46H73N9O13/c1-8-26(6)37(43(64)48-27(7)38(59)51-33(22-56)44(65)54-17-9-11-35(54)41(62)50-32(46(67)68)20-25(4)5)53-42(63)36-12-10-18-55(36)45(66)34(23-57)52-40(61)31(19-24(2)3)49-39(60)30(47)21-28-13-15-29(58)16-14-28/h13-16,24-27,30-37,56-58H,8-12,17-23,47H2,1-7H3,(H,48,64)(H,49,60)(H,50,62)(H,51,59)(H,52,61)(H,53,63)(H,67,68)/t26-,27-,30-,31-,32-,33-,34-,35-,36-,37-/m0/s1. The predicted octanol–water partition coefficient (Wildman–Crippen LogP) is -1.62. The van der Waals surface area contributed by atoms with E-state index in [9.17, 15) is 63.6 Å². The largest absolute Gasteiger partial charge is 0.508 e. The summed E-state index contributed by atoms with van der Waals surface area (Å²) < 4.78 is 0. The summed E-state index contributed by atoms with van der Waals surface area (Å²) in [7, 11) is 0. The molecule has 8 amide bonds. The Bertz CT molecular complexity index is 1930. The van der Waals surface area contributed by atoms with Crippen molar-refractivity contribution >= 4 is 53.2 Å². The molecule has 380 valence electrons. The van der Waals surface area contributed by atoms with Crippen LogP contribution in [0.25, 0.3) is 0 Å². The van der Waals surface area contributed by atoms with Crippen molar-refractivity contribution in [1.82, 2.24) is 41.7 Å². The summed E-state index contributed by atoms with van der Waals surface area (Å²) in [6.45, 7) is 10.6. The maximum absolute atomic E-state index is 13.9. The molecular weight excluding hydrogens is 887 g/mol. The van der Waals surface area contributed by atoms with E-state index in [0.717, 1.165) is 0 Å². The molecule has 0 saturated carbocycles. The number of carboxylic acid groups (broad SMARTS) is 1. The van der Waals surface area contributed by atoms with E-state index in [4.69, 9.17) is 5.73 Å². The Hall–Kier alpha value is -5.87. The van der Waals surface area contributed by atoms with Gasteiger partial charge < -0.3 is 67.9 Å². The third-order valence-corrected chi connectivity index (χ3v) is 12.2. The average molecular weight is 960 g/mol. The topological polar surface area (TPSA) is 339 Å². The highest BCUT2D eigenvalue weighted by Crippen LogP contribution is 2.22. The quantitative estimate of drug-likeness (QED) is 0.0525. The number of aromatic hydroxyl groups is 1. The summed E-state index contributed by atoms with van der Waals surface area (Å²) in [5.74, 6) is -7.71. The highest BCUT2D eigenvalue weighted by Gasteiger charge is 2.42. The number of aliphatic hydroxyl groups excluding tert-OH is 2. The minimum Gasteiger partial charge on any atom is -0.508 e. The first-order valence-corrected chi connectivity index (χ1v) is 23.4. The van der Waals surface area contributed by atoms with Crippen molar-refractivity contribution in [3.63, 3.8) is 0 Å². The molecule has 22 heteroatoms. The lowest BCUT2D eigenvalue weighted by molar-refractivity contribution is -0.145. The zero-order valence-electron chi connectivity index (χ0n) is 40.2. The van der Waals surface area contributed by atoms with Gasteiger partial charge in [0.1, 0.15) is 54.1 Å². The SMILES string of the molecule is CC[C@H](C)[C@H](NC(=O)[C@@H]1CCCN1C(=O)[C@H](CO)NC(=O)[C@H](CC(C)C)NC(=O)[C@@H](N)Cc1ccc(O)cc1)C(=O)N[C@@H](C)C(=O)N[C@@H](CO)C(=O)N1CCC[C@H]1C(=O)N[C@@H](CC(C)C)C(=O)O. The Morgan fingerprint density at radius 1 is 0.632 bits per heavy atom. The van der Waals surface area contributed by atoms with Gasteiger partial charge in [-0.2, -0.15) is 0 Å². The Labute approximate surface area is 397 Å². The highest BCUT2D eigenvalue weighted by molar-refractivity contribution is 5.98. The van der Waals surface area contributed by atoms with Crippen molar-refractivity contribution in [3.05, 3.63) is 29.8 Å². The van der Waals surface area contributed by atoms with Gasteiger partial charge in [0.05, 0.1) is 19.3 Å². The number of carbonyl (C=O) groups is 9. The molecule has 2 saturated heterocycles. The van der Waals surface area contributed by atoms with Crippen LogP contribution >= 0.6 is 0 Å². The minimum absolute atomic E-state index is 0.0393. The number of carbonyl (C=O) groups excluding carboxylic acids is 8. The third-order valence-electron chi connectivity index (χ3n) is 12.2. The molecular formula is C46H73N9O13. The van der Waals surface area contributed by atoms with E-state index in [-0.39, 0.29) is 62.8 Å². The van der Waals surface area contributed by atoms with E-state index >= 15 is 0 Å². The van der Waals surface area contributed by atoms with Crippen molar-refractivity contribution in [1.29, 1.82) is 0 Å². The van der Waals surface area contributed by atoms with E-state index in [1.54, 1.807) is 39.8 Å². The van der Waals surface area contributed by atoms with Gasteiger partial charge in [-0.25, -0.2) is 4.79 Å². The molecule has 0 unspecified atom stereocenters.